The molecule has 2 N–H and O–H groups in total. The van der Waals surface area contributed by atoms with E-state index in [1.54, 1.807) is 0 Å². The van der Waals surface area contributed by atoms with Crippen molar-refractivity contribution in [3.8, 4) is 0 Å². The Morgan fingerprint density at radius 3 is 3.00 bits per heavy atom. The summed E-state index contributed by atoms with van der Waals surface area (Å²) < 4.78 is 0. The molecule has 4 rings (SSSR count). The largest absolute Gasteiger partial charge is 0.347 e. The number of amides is 1. The molecular weight excluding hydrogens is 282 g/mol. The summed E-state index contributed by atoms with van der Waals surface area (Å²) in [5, 5.41) is 12.5. The van der Waals surface area contributed by atoms with Gasteiger partial charge in [0.05, 0.1) is 0 Å². The van der Waals surface area contributed by atoms with E-state index < -0.39 is 0 Å². The van der Waals surface area contributed by atoms with Gasteiger partial charge in [0.1, 0.15) is 0 Å². The number of aromatic amines is 1. The van der Waals surface area contributed by atoms with Crippen molar-refractivity contribution in [2.45, 2.75) is 51.5 Å². The van der Waals surface area contributed by atoms with E-state index in [9.17, 15) is 4.79 Å². The Balaban J connectivity index is 1.47. The molecule has 0 atom stereocenters. The molecule has 2 aromatic rings. The predicted molar refractivity (Wildman–Crippen MR) is 82.7 cm³/mol. The molecule has 2 heterocycles. The van der Waals surface area contributed by atoms with Gasteiger partial charge in [-0.2, -0.15) is 5.10 Å². The number of H-pyrrole nitrogens is 1. The minimum Gasteiger partial charge on any atom is -0.347 e. The lowest BCUT2D eigenvalue weighted by atomic mass is 9.96. The topological polar surface area (TPSA) is 57.8 Å². The number of carbonyl (C=O) groups is 1. The number of fused-ring (bicyclic) bond motifs is 2. The second-order valence-corrected chi connectivity index (χ2v) is 6.90. The van der Waals surface area contributed by atoms with Crippen LogP contribution in [0.25, 0.3) is 0 Å². The lowest BCUT2D eigenvalue weighted by Crippen LogP contribution is -2.24. The number of hydrogen-bond donors (Lipinski definition) is 2. The molecule has 0 fully saturated rings. The Kier molecular flexibility index (Phi) is 3.30. The number of nitrogens with zero attached hydrogens (tertiary/aromatic N) is 1. The molecule has 110 valence electrons. The van der Waals surface area contributed by atoms with E-state index in [0.29, 0.717) is 12.2 Å². The van der Waals surface area contributed by atoms with Gasteiger partial charge in [0.25, 0.3) is 5.91 Å². The molecule has 4 nitrogen and oxygen atoms in total. The normalized spacial score (nSPS) is 16.6. The van der Waals surface area contributed by atoms with Gasteiger partial charge in [-0.05, 0) is 61.5 Å². The van der Waals surface area contributed by atoms with E-state index in [4.69, 9.17) is 0 Å². The van der Waals surface area contributed by atoms with Gasteiger partial charge in [0.2, 0.25) is 0 Å². The van der Waals surface area contributed by atoms with Crippen molar-refractivity contribution in [2.24, 2.45) is 0 Å². The SMILES string of the molecule is O=C(NCc1csc2c1CCCC2)c1n[nH]c2c1CCC2. The molecule has 0 aliphatic heterocycles. The minimum atomic E-state index is -0.0369. The van der Waals surface area contributed by atoms with Crippen molar-refractivity contribution in [1.82, 2.24) is 15.5 Å². The molecule has 0 spiro atoms. The van der Waals surface area contributed by atoms with Crippen molar-refractivity contribution < 1.29 is 4.79 Å². The first kappa shape index (κ1) is 13.1. The zero-order valence-electron chi connectivity index (χ0n) is 12.0. The Labute approximate surface area is 128 Å². The van der Waals surface area contributed by atoms with E-state index >= 15 is 0 Å². The fourth-order valence-corrected chi connectivity index (χ4v) is 4.62. The second-order valence-electron chi connectivity index (χ2n) is 5.94. The molecule has 0 aromatic carbocycles. The van der Waals surface area contributed by atoms with Gasteiger partial charge in [0, 0.05) is 22.7 Å². The third-order valence-electron chi connectivity index (χ3n) is 4.61. The summed E-state index contributed by atoms with van der Waals surface area (Å²) in [5.74, 6) is -0.0369. The number of aryl methyl sites for hydroxylation is 2. The van der Waals surface area contributed by atoms with E-state index in [1.165, 1.54) is 41.7 Å². The third kappa shape index (κ3) is 2.29. The van der Waals surface area contributed by atoms with Crippen molar-refractivity contribution in [3.63, 3.8) is 0 Å². The number of aromatic nitrogens is 2. The summed E-state index contributed by atoms with van der Waals surface area (Å²) in [4.78, 5) is 13.9. The van der Waals surface area contributed by atoms with Crippen LogP contribution in [0, 0.1) is 0 Å². The lowest BCUT2D eigenvalue weighted by Gasteiger charge is -2.13. The van der Waals surface area contributed by atoms with Crippen molar-refractivity contribution >= 4 is 17.2 Å². The van der Waals surface area contributed by atoms with Crippen molar-refractivity contribution in [1.29, 1.82) is 0 Å². The van der Waals surface area contributed by atoms with Crippen molar-refractivity contribution in [3.05, 3.63) is 38.3 Å². The average molecular weight is 301 g/mol. The smallest absolute Gasteiger partial charge is 0.272 e. The highest BCUT2D eigenvalue weighted by Gasteiger charge is 2.23. The van der Waals surface area contributed by atoms with E-state index in [0.717, 1.165) is 30.5 Å². The first-order valence-electron chi connectivity index (χ1n) is 7.75. The standard InChI is InChI=1S/C16H19N3OS/c20-16(15-12-5-3-6-13(12)18-19-15)17-8-10-9-21-14-7-2-1-4-11(10)14/h9H,1-8H2,(H,17,20)(H,18,19). The molecule has 0 saturated carbocycles. The summed E-state index contributed by atoms with van der Waals surface area (Å²) in [6.07, 6.45) is 8.08. The third-order valence-corrected chi connectivity index (χ3v) is 5.75. The molecule has 0 bridgehead atoms. The van der Waals surface area contributed by atoms with E-state index in [2.05, 4.69) is 20.9 Å². The zero-order chi connectivity index (χ0) is 14.2. The van der Waals surface area contributed by atoms with Crippen LogP contribution in [0.15, 0.2) is 5.38 Å². The first-order valence-corrected chi connectivity index (χ1v) is 8.63. The maximum atomic E-state index is 12.3. The first-order chi connectivity index (χ1) is 10.3. The van der Waals surface area contributed by atoms with Crippen LogP contribution in [-0.2, 0) is 32.2 Å². The predicted octanol–water partition coefficient (Wildman–Crippen LogP) is 2.77. The van der Waals surface area contributed by atoms with Gasteiger partial charge in [-0.1, -0.05) is 0 Å². The number of carbonyl (C=O) groups excluding carboxylic acids is 1. The Morgan fingerprint density at radius 1 is 1.19 bits per heavy atom. The van der Waals surface area contributed by atoms with Gasteiger partial charge in [-0.3, -0.25) is 9.89 Å². The van der Waals surface area contributed by atoms with Crippen LogP contribution in [0.2, 0.25) is 0 Å². The second kappa shape index (κ2) is 5.30. The molecule has 0 saturated heterocycles. The van der Waals surface area contributed by atoms with Crippen LogP contribution in [0.1, 0.15) is 57.0 Å². The maximum absolute atomic E-state index is 12.3. The van der Waals surface area contributed by atoms with Gasteiger partial charge in [-0.25, -0.2) is 0 Å². The summed E-state index contributed by atoms with van der Waals surface area (Å²) in [5.41, 5.74) is 5.66. The summed E-state index contributed by atoms with van der Waals surface area (Å²) in [6, 6.07) is 0. The van der Waals surface area contributed by atoms with Gasteiger partial charge in [-0.15, -0.1) is 11.3 Å². The highest BCUT2D eigenvalue weighted by atomic mass is 32.1. The Bertz CT molecular complexity index is 686. The van der Waals surface area contributed by atoms with Crippen LogP contribution in [0.3, 0.4) is 0 Å². The van der Waals surface area contributed by atoms with Gasteiger partial charge < -0.3 is 5.32 Å². The summed E-state index contributed by atoms with van der Waals surface area (Å²) >= 11 is 1.85. The Morgan fingerprint density at radius 2 is 2.05 bits per heavy atom. The highest BCUT2D eigenvalue weighted by Crippen LogP contribution is 2.30. The Hall–Kier alpha value is -1.62. The molecule has 2 aliphatic rings. The number of thiophene rings is 1. The highest BCUT2D eigenvalue weighted by molar-refractivity contribution is 7.10. The van der Waals surface area contributed by atoms with Gasteiger partial charge >= 0.3 is 0 Å². The number of hydrogen-bond acceptors (Lipinski definition) is 3. The van der Waals surface area contributed by atoms with Crippen LogP contribution in [0.4, 0.5) is 0 Å². The number of nitrogens with one attached hydrogen (secondary N) is 2. The van der Waals surface area contributed by atoms with Crippen LogP contribution >= 0.6 is 11.3 Å². The molecule has 0 unspecified atom stereocenters. The molecule has 2 aromatic heterocycles. The average Bonchev–Trinajstić information content (AvgIpc) is 3.19. The summed E-state index contributed by atoms with van der Waals surface area (Å²) in [6.45, 7) is 0.631. The van der Waals surface area contributed by atoms with Crippen LogP contribution in [0.5, 0.6) is 0 Å². The maximum Gasteiger partial charge on any atom is 0.272 e. The minimum absolute atomic E-state index is 0.0369. The van der Waals surface area contributed by atoms with Crippen LogP contribution < -0.4 is 5.32 Å². The molecule has 21 heavy (non-hydrogen) atoms. The molecule has 5 heteroatoms. The molecule has 0 radical (unpaired) electrons. The van der Waals surface area contributed by atoms with Crippen LogP contribution in [-0.4, -0.2) is 16.1 Å². The zero-order valence-corrected chi connectivity index (χ0v) is 12.8. The lowest BCUT2D eigenvalue weighted by molar-refractivity contribution is 0.0945. The summed E-state index contributed by atoms with van der Waals surface area (Å²) in [7, 11) is 0. The fourth-order valence-electron chi connectivity index (χ4n) is 3.48. The molecule has 1 amide bonds. The number of rotatable bonds is 3. The van der Waals surface area contributed by atoms with Gasteiger partial charge in [0.15, 0.2) is 5.69 Å². The molecular formula is C16H19N3OS. The monoisotopic (exact) mass is 301 g/mol. The van der Waals surface area contributed by atoms with E-state index in [1.807, 2.05) is 11.3 Å². The van der Waals surface area contributed by atoms with Crippen molar-refractivity contribution in [2.75, 3.05) is 0 Å². The fraction of sp³-hybridized carbons (Fsp3) is 0.500. The van der Waals surface area contributed by atoms with E-state index in [-0.39, 0.29) is 5.91 Å². The molecule has 2 aliphatic carbocycles. The quantitative estimate of drug-likeness (QED) is 0.916.